The van der Waals surface area contributed by atoms with Crippen LogP contribution < -0.4 is 10.2 Å². The van der Waals surface area contributed by atoms with Crippen LogP contribution in [0.4, 0.5) is 11.5 Å². The van der Waals surface area contributed by atoms with Gasteiger partial charge < -0.3 is 10.2 Å². The molecule has 1 N–H and O–H groups in total. The standard InChI is InChI=1S/C19H24N4O/c1-13-4-5-14(2)17(12-13)20-19(24)16-8-10-23(11-9-16)18-7-6-15(3)21-22-18/h4-7,12,16H,8-11H2,1-3H3,(H,20,24). The molecule has 0 bridgehead atoms. The first kappa shape index (κ1) is 16.4. The van der Waals surface area contributed by atoms with Gasteiger partial charge in [-0.15, -0.1) is 5.10 Å². The maximum atomic E-state index is 12.6. The molecule has 1 aliphatic rings. The highest BCUT2D eigenvalue weighted by Crippen LogP contribution is 2.24. The normalized spacial score (nSPS) is 15.4. The van der Waals surface area contributed by atoms with Crippen LogP contribution in [0, 0.1) is 26.7 Å². The number of carbonyl (C=O) groups is 1. The molecule has 5 nitrogen and oxygen atoms in total. The Morgan fingerprint density at radius 1 is 1.08 bits per heavy atom. The van der Waals surface area contributed by atoms with Crippen molar-refractivity contribution in [2.45, 2.75) is 33.6 Å². The molecule has 0 unspecified atom stereocenters. The molecule has 0 spiro atoms. The molecule has 2 aromatic rings. The highest BCUT2D eigenvalue weighted by atomic mass is 16.1. The van der Waals surface area contributed by atoms with E-state index in [1.165, 1.54) is 0 Å². The van der Waals surface area contributed by atoms with E-state index >= 15 is 0 Å². The number of carbonyl (C=O) groups excluding carboxylic acids is 1. The SMILES string of the molecule is Cc1ccc(C)c(NC(=O)C2CCN(c3ccc(C)nn3)CC2)c1. The number of piperidine rings is 1. The predicted molar refractivity (Wildman–Crippen MR) is 96.3 cm³/mol. The van der Waals surface area contributed by atoms with Crippen LogP contribution in [-0.4, -0.2) is 29.2 Å². The van der Waals surface area contributed by atoms with Crippen LogP contribution >= 0.6 is 0 Å². The number of hydrogen-bond donors (Lipinski definition) is 1. The van der Waals surface area contributed by atoms with E-state index in [4.69, 9.17) is 0 Å². The quantitative estimate of drug-likeness (QED) is 0.941. The number of rotatable bonds is 3. The van der Waals surface area contributed by atoms with Crippen LogP contribution in [0.25, 0.3) is 0 Å². The van der Waals surface area contributed by atoms with Crippen molar-refractivity contribution >= 4 is 17.4 Å². The minimum atomic E-state index is 0.0552. The Balaban J connectivity index is 1.59. The first-order chi connectivity index (χ1) is 11.5. The lowest BCUT2D eigenvalue weighted by molar-refractivity contribution is -0.120. The van der Waals surface area contributed by atoms with Crippen molar-refractivity contribution in [1.82, 2.24) is 10.2 Å². The average molecular weight is 324 g/mol. The van der Waals surface area contributed by atoms with Crippen molar-refractivity contribution in [1.29, 1.82) is 0 Å². The first-order valence-electron chi connectivity index (χ1n) is 8.46. The van der Waals surface area contributed by atoms with Crippen LogP contribution in [0.1, 0.15) is 29.7 Å². The van der Waals surface area contributed by atoms with E-state index in [-0.39, 0.29) is 11.8 Å². The number of aryl methyl sites for hydroxylation is 3. The van der Waals surface area contributed by atoms with Gasteiger partial charge in [-0.25, -0.2) is 0 Å². The summed E-state index contributed by atoms with van der Waals surface area (Å²) in [5, 5.41) is 11.4. The zero-order valence-corrected chi connectivity index (χ0v) is 14.5. The second-order valence-electron chi connectivity index (χ2n) is 6.60. The summed E-state index contributed by atoms with van der Waals surface area (Å²) in [6.45, 7) is 7.66. The third kappa shape index (κ3) is 3.72. The van der Waals surface area contributed by atoms with Gasteiger partial charge in [-0.3, -0.25) is 4.79 Å². The molecule has 24 heavy (non-hydrogen) atoms. The highest BCUT2D eigenvalue weighted by Gasteiger charge is 2.26. The van der Waals surface area contributed by atoms with E-state index < -0.39 is 0 Å². The van der Waals surface area contributed by atoms with Gasteiger partial charge in [0.25, 0.3) is 0 Å². The molecule has 1 fully saturated rings. The lowest BCUT2D eigenvalue weighted by Crippen LogP contribution is -2.38. The molecule has 1 saturated heterocycles. The lowest BCUT2D eigenvalue weighted by atomic mass is 9.95. The van der Waals surface area contributed by atoms with Gasteiger partial charge in [0.2, 0.25) is 5.91 Å². The van der Waals surface area contributed by atoms with E-state index in [9.17, 15) is 4.79 Å². The molecule has 0 aliphatic carbocycles. The Hall–Kier alpha value is -2.43. The monoisotopic (exact) mass is 324 g/mol. The Labute approximate surface area is 143 Å². The number of amides is 1. The van der Waals surface area contributed by atoms with Gasteiger partial charge in [0.1, 0.15) is 0 Å². The van der Waals surface area contributed by atoms with Crippen LogP contribution in [-0.2, 0) is 4.79 Å². The fraction of sp³-hybridized carbons (Fsp3) is 0.421. The number of nitrogens with one attached hydrogen (secondary N) is 1. The van der Waals surface area contributed by atoms with Crippen LogP contribution in [0.3, 0.4) is 0 Å². The van der Waals surface area contributed by atoms with E-state index in [1.807, 2.05) is 45.0 Å². The first-order valence-corrected chi connectivity index (χ1v) is 8.46. The Morgan fingerprint density at radius 2 is 1.83 bits per heavy atom. The Kier molecular flexibility index (Phi) is 4.79. The zero-order valence-electron chi connectivity index (χ0n) is 14.5. The summed E-state index contributed by atoms with van der Waals surface area (Å²) in [6.07, 6.45) is 1.68. The molecule has 3 rings (SSSR count). The second-order valence-corrected chi connectivity index (χ2v) is 6.60. The highest BCUT2D eigenvalue weighted by molar-refractivity contribution is 5.93. The molecule has 0 radical (unpaired) electrons. The summed E-state index contributed by atoms with van der Waals surface area (Å²) in [5.74, 6) is 1.08. The van der Waals surface area contributed by atoms with Crippen molar-refractivity contribution in [3.05, 3.63) is 47.2 Å². The number of anilines is 2. The molecule has 1 aromatic heterocycles. The summed E-state index contributed by atoms with van der Waals surface area (Å²) in [4.78, 5) is 14.8. The molecule has 0 saturated carbocycles. The van der Waals surface area contributed by atoms with Crippen molar-refractivity contribution in [2.75, 3.05) is 23.3 Å². The van der Waals surface area contributed by atoms with Crippen molar-refractivity contribution < 1.29 is 4.79 Å². The topological polar surface area (TPSA) is 58.1 Å². The number of nitrogens with zero attached hydrogens (tertiary/aromatic N) is 3. The van der Waals surface area contributed by atoms with E-state index in [0.29, 0.717) is 0 Å². The van der Waals surface area contributed by atoms with Crippen LogP contribution in [0.2, 0.25) is 0 Å². The molecule has 1 aromatic carbocycles. The largest absolute Gasteiger partial charge is 0.355 e. The van der Waals surface area contributed by atoms with Gasteiger partial charge in [-0.05, 0) is 62.9 Å². The van der Waals surface area contributed by atoms with E-state index in [0.717, 1.165) is 54.3 Å². The summed E-state index contributed by atoms with van der Waals surface area (Å²) in [5.41, 5.74) is 4.10. The van der Waals surface area contributed by atoms with Crippen molar-refractivity contribution in [3.63, 3.8) is 0 Å². The maximum Gasteiger partial charge on any atom is 0.227 e. The van der Waals surface area contributed by atoms with Gasteiger partial charge in [-0.1, -0.05) is 12.1 Å². The average Bonchev–Trinajstić information content (AvgIpc) is 2.59. The van der Waals surface area contributed by atoms with Gasteiger partial charge >= 0.3 is 0 Å². The number of aromatic nitrogens is 2. The molecule has 2 heterocycles. The van der Waals surface area contributed by atoms with Crippen LogP contribution in [0.15, 0.2) is 30.3 Å². The second kappa shape index (κ2) is 6.99. The summed E-state index contributed by atoms with van der Waals surface area (Å²) in [7, 11) is 0. The Bertz CT molecular complexity index is 719. The fourth-order valence-corrected chi connectivity index (χ4v) is 3.04. The van der Waals surface area contributed by atoms with E-state index in [1.54, 1.807) is 0 Å². The molecule has 1 amide bonds. The minimum Gasteiger partial charge on any atom is -0.355 e. The smallest absolute Gasteiger partial charge is 0.227 e. The molecule has 5 heteroatoms. The molecule has 126 valence electrons. The summed E-state index contributed by atoms with van der Waals surface area (Å²) >= 11 is 0. The summed E-state index contributed by atoms with van der Waals surface area (Å²) < 4.78 is 0. The van der Waals surface area contributed by atoms with Gasteiger partial charge in [0, 0.05) is 24.7 Å². The molecule has 1 aliphatic heterocycles. The third-order valence-corrected chi connectivity index (χ3v) is 4.62. The lowest BCUT2D eigenvalue weighted by Gasteiger charge is -2.31. The number of benzene rings is 1. The Morgan fingerprint density at radius 3 is 2.50 bits per heavy atom. The van der Waals surface area contributed by atoms with E-state index in [2.05, 4.69) is 26.5 Å². The molecular weight excluding hydrogens is 300 g/mol. The molecule has 0 atom stereocenters. The molecular formula is C19H24N4O. The number of hydrogen-bond acceptors (Lipinski definition) is 4. The van der Waals surface area contributed by atoms with Gasteiger partial charge in [0.15, 0.2) is 5.82 Å². The van der Waals surface area contributed by atoms with Crippen molar-refractivity contribution in [3.8, 4) is 0 Å². The third-order valence-electron chi connectivity index (χ3n) is 4.62. The zero-order chi connectivity index (χ0) is 17.1. The minimum absolute atomic E-state index is 0.0552. The van der Waals surface area contributed by atoms with Gasteiger partial charge in [0.05, 0.1) is 5.69 Å². The van der Waals surface area contributed by atoms with Crippen LogP contribution in [0.5, 0.6) is 0 Å². The van der Waals surface area contributed by atoms with Crippen molar-refractivity contribution in [2.24, 2.45) is 5.92 Å². The summed E-state index contributed by atoms with van der Waals surface area (Å²) in [6, 6.07) is 10.1. The maximum absolute atomic E-state index is 12.6. The predicted octanol–water partition coefficient (Wildman–Crippen LogP) is 3.26. The van der Waals surface area contributed by atoms with Gasteiger partial charge in [-0.2, -0.15) is 5.10 Å². The fourth-order valence-electron chi connectivity index (χ4n) is 3.04.